The second kappa shape index (κ2) is 3.88. The van der Waals surface area contributed by atoms with Crippen molar-refractivity contribution < 1.29 is 4.79 Å². The number of hydrazine groups is 1. The summed E-state index contributed by atoms with van der Waals surface area (Å²) in [6, 6.07) is 1.20. The largest absolute Gasteiger partial charge is 0.331 e. The van der Waals surface area contributed by atoms with Gasteiger partial charge in [0, 0.05) is 19.3 Å². The molecule has 0 aromatic carbocycles. The normalized spacial score (nSPS) is 9.86. The van der Waals surface area contributed by atoms with Crippen LogP contribution in [-0.4, -0.2) is 15.0 Å². The average Bonchev–Trinajstić information content (AvgIpc) is 2.19. The monoisotopic (exact) mass is 198 g/mol. The Morgan fingerprint density at radius 2 is 2.21 bits per heavy atom. The molecule has 0 bridgehead atoms. The average molecular weight is 198 g/mol. The van der Waals surface area contributed by atoms with Gasteiger partial charge in [0.1, 0.15) is 6.54 Å². The van der Waals surface area contributed by atoms with Gasteiger partial charge >= 0.3 is 5.69 Å². The van der Waals surface area contributed by atoms with E-state index in [4.69, 9.17) is 5.84 Å². The molecule has 0 unspecified atom stereocenters. The fourth-order valence-corrected chi connectivity index (χ4v) is 0.937. The van der Waals surface area contributed by atoms with E-state index in [9.17, 15) is 14.4 Å². The molecule has 0 atom stereocenters. The molecule has 1 rings (SSSR count). The van der Waals surface area contributed by atoms with Crippen molar-refractivity contribution in [3.05, 3.63) is 33.1 Å². The fourth-order valence-electron chi connectivity index (χ4n) is 0.937. The molecule has 0 saturated heterocycles. The number of hydrogen-bond donors (Lipinski definition) is 2. The lowest BCUT2D eigenvalue weighted by Gasteiger charge is -2.04. The third kappa shape index (κ3) is 1.88. The number of aromatic nitrogens is 2. The predicted molar refractivity (Wildman–Crippen MR) is 48.3 cm³/mol. The van der Waals surface area contributed by atoms with Gasteiger partial charge in [0.05, 0.1) is 0 Å². The SMILES string of the molecule is Cn1c(=O)ccn(CC(=O)NN)c1=O. The van der Waals surface area contributed by atoms with Gasteiger partial charge in [-0.15, -0.1) is 0 Å². The lowest BCUT2D eigenvalue weighted by atomic mass is 10.5. The quantitative estimate of drug-likeness (QED) is 0.312. The first-order valence-electron chi connectivity index (χ1n) is 3.82. The van der Waals surface area contributed by atoms with Crippen LogP contribution in [0.1, 0.15) is 0 Å². The van der Waals surface area contributed by atoms with Crippen LogP contribution < -0.4 is 22.5 Å². The van der Waals surface area contributed by atoms with Crippen molar-refractivity contribution in [1.29, 1.82) is 0 Å². The molecular weight excluding hydrogens is 188 g/mol. The summed E-state index contributed by atoms with van der Waals surface area (Å²) in [5, 5.41) is 0. The Balaban J connectivity index is 3.13. The van der Waals surface area contributed by atoms with Gasteiger partial charge in [-0.05, 0) is 0 Å². The van der Waals surface area contributed by atoms with Gasteiger partial charge < -0.3 is 0 Å². The zero-order chi connectivity index (χ0) is 10.7. The molecule has 0 aliphatic carbocycles. The van der Waals surface area contributed by atoms with E-state index in [0.29, 0.717) is 0 Å². The van der Waals surface area contributed by atoms with E-state index < -0.39 is 17.2 Å². The Morgan fingerprint density at radius 3 is 2.79 bits per heavy atom. The van der Waals surface area contributed by atoms with Crippen molar-refractivity contribution in [3.8, 4) is 0 Å². The minimum Gasteiger partial charge on any atom is -0.293 e. The van der Waals surface area contributed by atoms with Crippen LogP contribution in [0.5, 0.6) is 0 Å². The summed E-state index contributed by atoms with van der Waals surface area (Å²) in [6.07, 6.45) is 1.25. The molecule has 76 valence electrons. The van der Waals surface area contributed by atoms with Crippen LogP contribution in [0.15, 0.2) is 21.9 Å². The molecule has 1 aromatic heterocycles. The zero-order valence-corrected chi connectivity index (χ0v) is 7.56. The van der Waals surface area contributed by atoms with Crippen LogP contribution >= 0.6 is 0 Å². The highest BCUT2D eigenvalue weighted by molar-refractivity contribution is 5.74. The van der Waals surface area contributed by atoms with Crippen molar-refractivity contribution in [2.45, 2.75) is 6.54 Å². The van der Waals surface area contributed by atoms with Gasteiger partial charge in [-0.2, -0.15) is 0 Å². The van der Waals surface area contributed by atoms with Gasteiger partial charge in [0.15, 0.2) is 0 Å². The maximum Gasteiger partial charge on any atom is 0.331 e. The summed E-state index contributed by atoms with van der Waals surface area (Å²) in [6.45, 7) is -0.205. The van der Waals surface area contributed by atoms with Crippen molar-refractivity contribution in [2.24, 2.45) is 12.9 Å². The van der Waals surface area contributed by atoms with Crippen LogP contribution in [0.3, 0.4) is 0 Å². The van der Waals surface area contributed by atoms with Crippen molar-refractivity contribution in [1.82, 2.24) is 14.6 Å². The molecular formula is C7H10N4O3. The highest BCUT2D eigenvalue weighted by Crippen LogP contribution is 1.77. The summed E-state index contributed by atoms with van der Waals surface area (Å²) < 4.78 is 1.99. The highest BCUT2D eigenvalue weighted by Gasteiger charge is 2.04. The second-order valence-electron chi connectivity index (χ2n) is 2.69. The number of hydrogen-bond acceptors (Lipinski definition) is 4. The lowest BCUT2D eigenvalue weighted by Crippen LogP contribution is -2.41. The van der Waals surface area contributed by atoms with E-state index in [0.717, 1.165) is 9.13 Å². The molecule has 14 heavy (non-hydrogen) atoms. The zero-order valence-electron chi connectivity index (χ0n) is 7.56. The maximum atomic E-state index is 11.3. The van der Waals surface area contributed by atoms with Crippen molar-refractivity contribution >= 4 is 5.91 Å². The Hall–Kier alpha value is -1.89. The first-order valence-corrected chi connectivity index (χ1v) is 3.82. The van der Waals surface area contributed by atoms with Gasteiger partial charge in [-0.1, -0.05) is 0 Å². The number of carbonyl (C=O) groups excluding carboxylic acids is 1. The number of nitrogens with zero attached hydrogens (tertiary/aromatic N) is 2. The van der Waals surface area contributed by atoms with E-state index >= 15 is 0 Å². The van der Waals surface area contributed by atoms with Gasteiger partial charge in [0.25, 0.3) is 11.5 Å². The van der Waals surface area contributed by atoms with E-state index in [-0.39, 0.29) is 6.54 Å². The third-order valence-electron chi connectivity index (χ3n) is 1.74. The number of nitrogens with one attached hydrogen (secondary N) is 1. The Morgan fingerprint density at radius 1 is 1.57 bits per heavy atom. The van der Waals surface area contributed by atoms with E-state index in [1.165, 1.54) is 19.3 Å². The smallest absolute Gasteiger partial charge is 0.293 e. The molecule has 0 fully saturated rings. The molecule has 1 heterocycles. The molecule has 0 aliphatic rings. The standard InChI is InChI=1S/C7H10N4O3/c1-10-6(13)2-3-11(7(10)14)4-5(12)9-8/h2-3H,4,8H2,1H3,(H,9,12). The molecule has 0 spiro atoms. The molecule has 1 amide bonds. The highest BCUT2D eigenvalue weighted by atomic mass is 16.2. The van der Waals surface area contributed by atoms with Gasteiger partial charge in [-0.3, -0.25) is 24.1 Å². The lowest BCUT2D eigenvalue weighted by molar-refractivity contribution is -0.121. The molecule has 3 N–H and O–H groups in total. The topological polar surface area (TPSA) is 99.1 Å². The minimum atomic E-state index is -0.555. The van der Waals surface area contributed by atoms with Crippen LogP contribution in [0.25, 0.3) is 0 Å². The molecule has 0 aliphatic heterocycles. The Kier molecular flexibility index (Phi) is 2.82. The summed E-state index contributed by atoms with van der Waals surface area (Å²) in [5.41, 5.74) is 0.917. The third-order valence-corrected chi connectivity index (χ3v) is 1.74. The van der Waals surface area contributed by atoms with E-state index in [1.807, 2.05) is 5.43 Å². The summed E-state index contributed by atoms with van der Waals surface area (Å²) in [7, 11) is 1.33. The summed E-state index contributed by atoms with van der Waals surface area (Å²) in [4.78, 5) is 33.2. The van der Waals surface area contributed by atoms with E-state index in [2.05, 4.69) is 0 Å². The molecule has 0 radical (unpaired) electrons. The summed E-state index contributed by atoms with van der Waals surface area (Å²) >= 11 is 0. The van der Waals surface area contributed by atoms with Crippen LogP contribution in [-0.2, 0) is 18.4 Å². The summed E-state index contributed by atoms with van der Waals surface area (Å²) in [5.74, 6) is 4.35. The Bertz CT molecular complexity index is 459. The van der Waals surface area contributed by atoms with Gasteiger partial charge in [0.2, 0.25) is 0 Å². The fraction of sp³-hybridized carbons (Fsp3) is 0.286. The number of amides is 1. The Labute approximate surface area is 78.7 Å². The molecule has 1 aromatic rings. The van der Waals surface area contributed by atoms with Crippen molar-refractivity contribution in [2.75, 3.05) is 0 Å². The van der Waals surface area contributed by atoms with Crippen LogP contribution in [0.4, 0.5) is 0 Å². The molecule has 0 saturated carbocycles. The first-order chi connectivity index (χ1) is 6.56. The van der Waals surface area contributed by atoms with E-state index in [1.54, 1.807) is 0 Å². The number of rotatable bonds is 2. The van der Waals surface area contributed by atoms with Crippen LogP contribution in [0, 0.1) is 0 Å². The molecule has 7 heteroatoms. The minimum absolute atomic E-state index is 0.205. The second-order valence-corrected chi connectivity index (χ2v) is 2.69. The first kappa shape index (κ1) is 10.2. The number of nitrogens with two attached hydrogens (primary N) is 1. The maximum absolute atomic E-state index is 11.3. The molecule has 7 nitrogen and oxygen atoms in total. The predicted octanol–water partition coefficient (Wildman–Crippen LogP) is -2.46. The number of carbonyl (C=O) groups is 1. The van der Waals surface area contributed by atoms with Gasteiger partial charge in [-0.25, -0.2) is 10.6 Å². The van der Waals surface area contributed by atoms with Crippen LogP contribution in [0.2, 0.25) is 0 Å². The van der Waals surface area contributed by atoms with Crippen molar-refractivity contribution in [3.63, 3.8) is 0 Å².